The van der Waals surface area contributed by atoms with Crippen molar-refractivity contribution in [1.82, 2.24) is 20.2 Å². The maximum atomic E-state index is 11.2. The van der Waals surface area contributed by atoms with Gasteiger partial charge in [-0.3, -0.25) is 14.9 Å². The van der Waals surface area contributed by atoms with Gasteiger partial charge in [0.1, 0.15) is 11.4 Å². The molecule has 1 aliphatic rings. The number of H-pyrrole nitrogens is 1. The zero-order valence-corrected chi connectivity index (χ0v) is 17.1. The predicted octanol–water partition coefficient (Wildman–Crippen LogP) is 3.53. The molecule has 150 valence electrons. The van der Waals surface area contributed by atoms with E-state index in [1.54, 1.807) is 23.6 Å². The first-order valence-electron chi connectivity index (χ1n) is 9.58. The number of fused-ring (bicyclic) bond motifs is 3. The van der Waals surface area contributed by atoms with Gasteiger partial charge in [0.15, 0.2) is 0 Å². The van der Waals surface area contributed by atoms with Gasteiger partial charge in [-0.1, -0.05) is 0 Å². The number of carbonyl (C=O) groups is 1. The first kappa shape index (κ1) is 18.5. The van der Waals surface area contributed by atoms with Crippen molar-refractivity contribution in [3.8, 4) is 28.3 Å². The number of hydrogen-bond donors (Lipinski definition) is 2. The molecule has 0 aliphatic heterocycles. The lowest BCUT2D eigenvalue weighted by Gasteiger charge is -2.08. The Bertz CT molecular complexity index is 1240. The minimum absolute atomic E-state index is 0.240. The Morgan fingerprint density at radius 1 is 1.27 bits per heavy atom. The number of nitrogens with two attached hydrogens (primary N) is 1. The molecule has 5 rings (SSSR count). The Hall–Kier alpha value is -3.52. The van der Waals surface area contributed by atoms with E-state index in [1.807, 2.05) is 24.6 Å². The molecule has 3 N–H and O–H groups in total. The number of pyridine rings is 1. The lowest BCUT2D eigenvalue weighted by atomic mass is 10.1. The number of aryl methyl sites for hydroxylation is 1. The van der Waals surface area contributed by atoms with Crippen LogP contribution < -0.4 is 10.5 Å². The molecule has 1 aliphatic carbocycles. The summed E-state index contributed by atoms with van der Waals surface area (Å²) in [7, 11) is 0. The van der Waals surface area contributed by atoms with Gasteiger partial charge in [0.05, 0.1) is 29.2 Å². The number of nitrogens with zero attached hydrogens (tertiary/aromatic N) is 3. The first-order chi connectivity index (χ1) is 14.6. The number of amides is 1. The fourth-order valence-electron chi connectivity index (χ4n) is 3.75. The van der Waals surface area contributed by atoms with Crippen LogP contribution in [0.2, 0.25) is 0 Å². The van der Waals surface area contributed by atoms with E-state index in [-0.39, 0.29) is 5.69 Å². The molecule has 0 saturated heterocycles. The van der Waals surface area contributed by atoms with Crippen molar-refractivity contribution >= 4 is 17.2 Å². The van der Waals surface area contributed by atoms with Crippen LogP contribution in [-0.4, -0.2) is 32.7 Å². The molecule has 0 unspecified atom stereocenters. The largest absolute Gasteiger partial charge is 0.493 e. The van der Waals surface area contributed by atoms with Crippen LogP contribution in [0, 0.1) is 6.92 Å². The molecule has 0 spiro atoms. The summed E-state index contributed by atoms with van der Waals surface area (Å²) < 4.78 is 5.98. The highest BCUT2D eigenvalue weighted by Gasteiger charge is 2.25. The smallest absolute Gasteiger partial charge is 0.267 e. The molecular weight excluding hydrogens is 398 g/mol. The normalized spacial score (nSPS) is 11.9. The maximum absolute atomic E-state index is 11.2. The lowest BCUT2D eigenvalue weighted by molar-refractivity contribution is 0.0995. The lowest BCUT2D eigenvalue weighted by Crippen LogP contribution is -2.12. The van der Waals surface area contributed by atoms with Crippen LogP contribution in [0.5, 0.6) is 5.75 Å². The molecule has 0 saturated carbocycles. The highest BCUT2D eigenvalue weighted by Crippen LogP contribution is 2.41. The van der Waals surface area contributed by atoms with E-state index in [2.05, 4.69) is 32.3 Å². The molecule has 0 radical (unpaired) electrons. The summed E-state index contributed by atoms with van der Waals surface area (Å²) in [6.07, 6.45) is 3.25. The topological polar surface area (TPSA) is 107 Å². The fourth-order valence-corrected chi connectivity index (χ4v) is 4.51. The van der Waals surface area contributed by atoms with Gasteiger partial charge in [0.2, 0.25) is 0 Å². The fraction of sp³-hybridized carbons (Fsp3) is 0.182. The van der Waals surface area contributed by atoms with Crippen LogP contribution in [0.25, 0.3) is 22.5 Å². The second-order valence-electron chi connectivity index (χ2n) is 7.18. The van der Waals surface area contributed by atoms with Gasteiger partial charge < -0.3 is 10.5 Å². The van der Waals surface area contributed by atoms with Gasteiger partial charge in [-0.05, 0) is 42.8 Å². The van der Waals surface area contributed by atoms with Gasteiger partial charge in [-0.25, -0.2) is 4.98 Å². The molecule has 7 nitrogen and oxygen atoms in total. The average Bonchev–Trinajstić information content (AvgIpc) is 3.43. The standard InChI is InChI=1S/C22H19N5O2S/c1-12-19(30-11-25-12)6-7-29-15-3-4-16-14(8-15)9-17-20(26-27-21(16)17)13-2-5-18(22(23)28)24-10-13/h2-5,8,10-11H,6-7,9H2,1H3,(H2,23,28)(H,26,27). The molecule has 30 heavy (non-hydrogen) atoms. The third-order valence-corrected chi connectivity index (χ3v) is 6.31. The minimum atomic E-state index is -0.542. The molecule has 3 aromatic heterocycles. The van der Waals surface area contributed by atoms with Crippen molar-refractivity contribution in [2.45, 2.75) is 19.8 Å². The van der Waals surface area contributed by atoms with E-state index >= 15 is 0 Å². The summed E-state index contributed by atoms with van der Waals surface area (Å²) in [6.45, 7) is 2.65. The van der Waals surface area contributed by atoms with E-state index in [0.717, 1.165) is 52.4 Å². The van der Waals surface area contributed by atoms with E-state index in [1.165, 1.54) is 10.4 Å². The summed E-state index contributed by atoms with van der Waals surface area (Å²) in [5, 5.41) is 7.62. The molecule has 4 aromatic rings. The van der Waals surface area contributed by atoms with Crippen LogP contribution >= 0.6 is 11.3 Å². The Morgan fingerprint density at radius 3 is 2.90 bits per heavy atom. The number of ether oxygens (including phenoxy) is 1. The number of hydrogen-bond acceptors (Lipinski definition) is 6. The Kier molecular flexibility index (Phi) is 4.55. The van der Waals surface area contributed by atoms with Crippen molar-refractivity contribution < 1.29 is 9.53 Å². The molecule has 1 aromatic carbocycles. The van der Waals surface area contributed by atoms with E-state index < -0.39 is 5.91 Å². The summed E-state index contributed by atoms with van der Waals surface area (Å²) in [5.74, 6) is 0.322. The van der Waals surface area contributed by atoms with Crippen molar-refractivity contribution in [2.75, 3.05) is 6.61 Å². The van der Waals surface area contributed by atoms with Gasteiger partial charge in [-0.2, -0.15) is 5.10 Å². The second-order valence-corrected chi connectivity index (χ2v) is 8.12. The quantitative estimate of drug-likeness (QED) is 0.440. The van der Waals surface area contributed by atoms with Gasteiger partial charge in [0, 0.05) is 40.6 Å². The Balaban J connectivity index is 1.33. The van der Waals surface area contributed by atoms with Crippen LogP contribution in [0.3, 0.4) is 0 Å². The van der Waals surface area contributed by atoms with E-state index in [0.29, 0.717) is 6.61 Å². The molecule has 0 atom stereocenters. The van der Waals surface area contributed by atoms with Gasteiger partial charge >= 0.3 is 0 Å². The molecule has 0 bridgehead atoms. The van der Waals surface area contributed by atoms with Gasteiger partial charge in [-0.15, -0.1) is 11.3 Å². The van der Waals surface area contributed by atoms with E-state index in [4.69, 9.17) is 10.5 Å². The summed E-state index contributed by atoms with van der Waals surface area (Å²) in [5.41, 5.74) is 14.6. The summed E-state index contributed by atoms with van der Waals surface area (Å²) in [6, 6.07) is 9.61. The molecular formula is C22H19N5O2S. The van der Waals surface area contributed by atoms with Crippen molar-refractivity contribution in [3.05, 3.63) is 69.4 Å². The summed E-state index contributed by atoms with van der Waals surface area (Å²) >= 11 is 1.67. The monoisotopic (exact) mass is 417 g/mol. The minimum Gasteiger partial charge on any atom is -0.493 e. The molecule has 1 amide bonds. The van der Waals surface area contributed by atoms with Crippen molar-refractivity contribution in [2.24, 2.45) is 5.73 Å². The van der Waals surface area contributed by atoms with Gasteiger partial charge in [0.25, 0.3) is 5.91 Å². The predicted molar refractivity (Wildman–Crippen MR) is 115 cm³/mol. The third kappa shape index (κ3) is 3.25. The van der Waals surface area contributed by atoms with Crippen LogP contribution in [0.4, 0.5) is 0 Å². The summed E-state index contributed by atoms with van der Waals surface area (Å²) in [4.78, 5) is 20.9. The number of thiazole rings is 1. The Labute approximate surface area is 177 Å². The SMILES string of the molecule is Cc1ncsc1CCOc1ccc2c(c1)Cc1c(-c3ccc(C(N)=O)nc3)n[nH]c1-2. The number of benzene rings is 1. The number of carbonyl (C=O) groups excluding carboxylic acids is 1. The highest BCUT2D eigenvalue weighted by atomic mass is 32.1. The van der Waals surface area contributed by atoms with Crippen LogP contribution in [0.1, 0.15) is 32.2 Å². The highest BCUT2D eigenvalue weighted by molar-refractivity contribution is 7.09. The second kappa shape index (κ2) is 7.38. The Morgan fingerprint density at radius 2 is 2.17 bits per heavy atom. The maximum Gasteiger partial charge on any atom is 0.267 e. The zero-order valence-electron chi connectivity index (χ0n) is 16.3. The van der Waals surface area contributed by atoms with Crippen molar-refractivity contribution in [3.63, 3.8) is 0 Å². The number of nitrogens with one attached hydrogen (secondary N) is 1. The zero-order chi connectivity index (χ0) is 20.7. The third-order valence-electron chi connectivity index (χ3n) is 5.31. The molecule has 8 heteroatoms. The number of primary amides is 1. The molecule has 0 fully saturated rings. The van der Waals surface area contributed by atoms with Crippen molar-refractivity contribution in [1.29, 1.82) is 0 Å². The number of aromatic amines is 1. The van der Waals surface area contributed by atoms with Crippen LogP contribution in [-0.2, 0) is 12.8 Å². The number of rotatable bonds is 6. The molecule has 3 heterocycles. The number of aromatic nitrogens is 4. The van der Waals surface area contributed by atoms with E-state index in [9.17, 15) is 4.79 Å². The van der Waals surface area contributed by atoms with Crippen LogP contribution in [0.15, 0.2) is 42.0 Å². The first-order valence-corrected chi connectivity index (χ1v) is 10.5. The average molecular weight is 417 g/mol.